The molecular weight excluding hydrogens is 547 g/mol. The molecular formula is C33H26F3NO5. The van der Waals surface area contributed by atoms with E-state index in [1.165, 1.54) is 24.3 Å². The number of fused-ring (bicyclic) bond motifs is 1. The van der Waals surface area contributed by atoms with E-state index in [4.69, 9.17) is 13.9 Å². The highest BCUT2D eigenvalue weighted by Crippen LogP contribution is 2.39. The summed E-state index contributed by atoms with van der Waals surface area (Å²) in [6.45, 7) is 3.59. The minimum Gasteiger partial charge on any atom is -0.484 e. The zero-order valence-electron chi connectivity index (χ0n) is 22.7. The number of ether oxygens (including phenoxy) is 2. The van der Waals surface area contributed by atoms with Gasteiger partial charge < -0.3 is 19.2 Å². The minimum atomic E-state index is -5.02. The van der Waals surface area contributed by atoms with Crippen LogP contribution in [0.4, 0.5) is 18.9 Å². The van der Waals surface area contributed by atoms with Crippen LogP contribution in [0.3, 0.4) is 0 Å². The number of rotatable bonds is 8. The molecule has 1 aromatic heterocycles. The van der Waals surface area contributed by atoms with Crippen molar-refractivity contribution in [1.29, 1.82) is 0 Å². The molecule has 5 rings (SSSR count). The maximum Gasteiger partial charge on any atom is 0.453 e. The van der Waals surface area contributed by atoms with Gasteiger partial charge in [0.15, 0.2) is 6.61 Å². The van der Waals surface area contributed by atoms with Gasteiger partial charge in [-0.3, -0.25) is 9.59 Å². The van der Waals surface area contributed by atoms with Crippen LogP contribution in [0.25, 0.3) is 22.1 Å². The molecule has 42 heavy (non-hydrogen) atoms. The number of amides is 1. The van der Waals surface area contributed by atoms with Crippen molar-refractivity contribution < 1.29 is 31.9 Å². The third-order valence-electron chi connectivity index (χ3n) is 6.49. The molecule has 0 unspecified atom stereocenters. The molecule has 1 amide bonds. The lowest BCUT2D eigenvalue weighted by atomic mass is 10.0. The number of benzene rings is 4. The van der Waals surface area contributed by atoms with E-state index in [2.05, 4.69) is 5.32 Å². The van der Waals surface area contributed by atoms with E-state index in [0.29, 0.717) is 5.69 Å². The van der Waals surface area contributed by atoms with Crippen LogP contribution in [0.15, 0.2) is 106 Å². The third kappa shape index (κ3) is 6.30. The Hall–Kier alpha value is -5.05. The average molecular weight is 574 g/mol. The SMILES string of the molecule is CC(C)c1ccccc1NC(=O)COc1ccc2c(=O)c(Oc3ccc(-c4ccccc4)cc3)c(C(F)(F)F)oc2c1. The highest BCUT2D eigenvalue weighted by atomic mass is 19.4. The first kappa shape index (κ1) is 28.5. The van der Waals surface area contributed by atoms with Crippen LogP contribution in [0, 0.1) is 0 Å². The van der Waals surface area contributed by atoms with E-state index >= 15 is 0 Å². The van der Waals surface area contributed by atoms with Crippen LogP contribution in [-0.2, 0) is 11.0 Å². The summed E-state index contributed by atoms with van der Waals surface area (Å²) >= 11 is 0. The molecule has 0 saturated carbocycles. The first-order chi connectivity index (χ1) is 20.1. The smallest absolute Gasteiger partial charge is 0.453 e. The van der Waals surface area contributed by atoms with Crippen molar-refractivity contribution in [3.05, 3.63) is 119 Å². The van der Waals surface area contributed by atoms with Crippen LogP contribution in [-0.4, -0.2) is 12.5 Å². The fourth-order valence-electron chi connectivity index (χ4n) is 4.44. The van der Waals surface area contributed by atoms with E-state index in [-0.39, 0.29) is 28.4 Å². The summed E-state index contributed by atoms with van der Waals surface area (Å²) in [4.78, 5) is 25.7. The molecule has 6 nitrogen and oxygen atoms in total. The number of nitrogens with one attached hydrogen (secondary N) is 1. The Morgan fingerprint density at radius 2 is 1.50 bits per heavy atom. The van der Waals surface area contributed by atoms with Gasteiger partial charge in [-0.1, -0.05) is 74.5 Å². The molecule has 0 bridgehead atoms. The topological polar surface area (TPSA) is 77.8 Å². The first-order valence-corrected chi connectivity index (χ1v) is 13.1. The number of carbonyl (C=O) groups is 1. The first-order valence-electron chi connectivity index (χ1n) is 13.1. The molecule has 0 aliphatic heterocycles. The number of hydrogen-bond donors (Lipinski definition) is 1. The van der Waals surface area contributed by atoms with Crippen LogP contribution in [0.2, 0.25) is 0 Å². The summed E-state index contributed by atoms with van der Waals surface area (Å²) < 4.78 is 58.1. The van der Waals surface area contributed by atoms with Crippen LogP contribution >= 0.6 is 0 Å². The second-order valence-corrected chi connectivity index (χ2v) is 9.82. The molecule has 0 fully saturated rings. The number of carbonyl (C=O) groups excluding carboxylic acids is 1. The van der Waals surface area contributed by atoms with E-state index in [1.54, 1.807) is 24.3 Å². The second-order valence-electron chi connectivity index (χ2n) is 9.82. The quantitative estimate of drug-likeness (QED) is 0.202. The molecule has 5 aromatic rings. The number of halogens is 3. The Morgan fingerprint density at radius 1 is 0.857 bits per heavy atom. The zero-order chi connectivity index (χ0) is 29.9. The van der Waals surface area contributed by atoms with E-state index in [0.717, 1.165) is 22.8 Å². The summed E-state index contributed by atoms with van der Waals surface area (Å²) in [6, 6.07) is 26.9. The summed E-state index contributed by atoms with van der Waals surface area (Å²) in [6.07, 6.45) is -5.02. The van der Waals surface area contributed by atoms with Crippen molar-refractivity contribution >= 4 is 22.6 Å². The summed E-state index contributed by atoms with van der Waals surface area (Å²) in [7, 11) is 0. The molecule has 1 N–H and O–H groups in total. The molecule has 9 heteroatoms. The van der Waals surface area contributed by atoms with Gasteiger partial charge in [-0.2, -0.15) is 13.2 Å². The average Bonchev–Trinajstić information content (AvgIpc) is 2.98. The van der Waals surface area contributed by atoms with Crippen molar-refractivity contribution in [2.45, 2.75) is 25.9 Å². The largest absolute Gasteiger partial charge is 0.484 e. The van der Waals surface area contributed by atoms with Crippen molar-refractivity contribution in [3.63, 3.8) is 0 Å². The predicted octanol–water partition coefficient (Wildman–Crippen LogP) is 8.41. The van der Waals surface area contributed by atoms with Gasteiger partial charge >= 0.3 is 6.18 Å². The molecule has 0 radical (unpaired) electrons. The van der Waals surface area contributed by atoms with E-state index in [1.807, 2.05) is 56.3 Å². The van der Waals surface area contributed by atoms with Gasteiger partial charge in [-0.15, -0.1) is 0 Å². The molecule has 1 heterocycles. The summed E-state index contributed by atoms with van der Waals surface area (Å²) in [5.41, 5.74) is 1.98. The Bertz CT molecular complexity index is 1780. The summed E-state index contributed by atoms with van der Waals surface area (Å²) in [5, 5.41) is 2.64. The Labute approximate surface area is 239 Å². The molecule has 0 saturated heterocycles. The van der Waals surface area contributed by atoms with Gasteiger partial charge in [0.2, 0.25) is 11.2 Å². The Balaban J connectivity index is 1.38. The number of para-hydroxylation sites is 1. The van der Waals surface area contributed by atoms with E-state index in [9.17, 15) is 22.8 Å². The van der Waals surface area contributed by atoms with Crippen molar-refractivity contribution in [3.8, 4) is 28.4 Å². The molecule has 0 spiro atoms. The summed E-state index contributed by atoms with van der Waals surface area (Å²) in [5.74, 6) is -2.74. The highest BCUT2D eigenvalue weighted by Gasteiger charge is 2.40. The third-order valence-corrected chi connectivity index (χ3v) is 6.49. The molecule has 0 atom stereocenters. The maximum atomic E-state index is 14.0. The minimum absolute atomic E-state index is 0.0387. The fraction of sp³-hybridized carbons (Fsp3) is 0.152. The number of alkyl halides is 3. The molecule has 4 aromatic carbocycles. The predicted molar refractivity (Wildman–Crippen MR) is 154 cm³/mol. The van der Waals surface area contributed by atoms with Crippen LogP contribution < -0.4 is 20.2 Å². The number of hydrogen-bond acceptors (Lipinski definition) is 5. The van der Waals surface area contributed by atoms with E-state index < -0.39 is 35.6 Å². The molecule has 214 valence electrons. The van der Waals surface area contributed by atoms with Crippen LogP contribution in [0.1, 0.15) is 31.1 Å². The van der Waals surface area contributed by atoms with Crippen molar-refractivity contribution in [2.24, 2.45) is 0 Å². The lowest BCUT2D eigenvalue weighted by molar-refractivity contribution is -0.154. The van der Waals surface area contributed by atoms with Gasteiger partial charge in [0.25, 0.3) is 11.7 Å². The highest BCUT2D eigenvalue weighted by molar-refractivity contribution is 5.92. The fourth-order valence-corrected chi connectivity index (χ4v) is 4.44. The lowest BCUT2D eigenvalue weighted by Gasteiger charge is -2.15. The normalized spacial score (nSPS) is 11.5. The Kier molecular flexibility index (Phi) is 8.01. The maximum absolute atomic E-state index is 14.0. The van der Waals surface area contributed by atoms with Gasteiger partial charge in [0.1, 0.15) is 17.1 Å². The zero-order valence-corrected chi connectivity index (χ0v) is 22.7. The number of anilines is 1. The van der Waals surface area contributed by atoms with Crippen molar-refractivity contribution in [1.82, 2.24) is 0 Å². The monoisotopic (exact) mass is 573 g/mol. The van der Waals surface area contributed by atoms with Crippen LogP contribution in [0.5, 0.6) is 17.2 Å². The van der Waals surface area contributed by atoms with Gasteiger partial charge in [0.05, 0.1) is 5.39 Å². The Morgan fingerprint density at radius 3 is 2.19 bits per heavy atom. The van der Waals surface area contributed by atoms with Gasteiger partial charge in [0, 0.05) is 11.8 Å². The standard InChI is InChI=1S/C33H26F3NO5/c1-20(2)25-10-6-7-11-27(25)37-29(38)19-40-24-16-17-26-28(18-24)42-32(33(34,35)36)31(30(26)39)41-23-14-12-22(13-15-23)21-8-4-3-5-9-21/h3-18,20H,19H2,1-2H3,(H,37,38). The molecule has 0 aliphatic rings. The van der Waals surface area contributed by atoms with Gasteiger partial charge in [-0.25, -0.2) is 0 Å². The molecule has 0 aliphatic carbocycles. The second kappa shape index (κ2) is 11.8. The lowest BCUT2D eigenvalue weighted by Crippen LogP contribution is -2.21. The van der Waals surface area contributed by atoms with Gasteiger partial charge in [-0.05, 0) is 52.9 Å². The van der Waals surface area contributed by atoms with Crippen molar-refractivity contribution in [2.75, 3.05) is 11.9 Å².